The highest BCUT2D eigenvalue weighted by Crippen LogP contribution is 2.27. The molecule has 1 aromatic carbocycles. The Balaban J connectivity index is 2.83. The molecule has 0 spiro atoms. The zero-order valence-corrected chi connectivity index (χ0v) is 9.70. The lowest BCUT2D eigenvalue weighted by atomic mass is 9.86. The molecule has 3 nitrogen and oxygen atoms in total. The second-order valence-electron chi connectivity index (χ2n) is 4.68. The van der Waals surface area contributed by atoms with Crippen LogP contribution in [0.2, 0.25) is 0 Å². The van der Waals surface area contributed by atoms with E-state index < -0.39 is 7.12 Å². The summed E-state index contributed by atoms with van der Waals surface area (Å²) in [4.78, 5) is 0. The fraction of sp³-hybridized carbons (Fsp3) is 0.455. The normalized spacial score (nSPS) is 11.4. The first-order valence-corrected chi connectivity index (χ1v) is 5.09. The van der Waals surface area contributed by atoms with Crippen LogP contribution in [0.5, 0.6) is 5.75 Å². The molecule has 0 aromatic heterocycles. The third-order valence-electron chi connectivity index (χ3n) is 2.15. The van der Waals surface area contributed by atoms with Gasteiger partial charge in [0.1, 0.15) is 18.1 Å². The topological polar surface area (TPSA) is 49.7 Å². The lowest BCUT2D eigenvalue weighted by Gasteiger charge is -2.20. The molecule has 0 aliphatic carbocycles. The Labute approximate surface area is 95.0 Å². The summed E-state index contributed by atoms with van der Waals surface area (Å²) in [5, 5.41) is 17.2. The van der Waals surface area contributed by atoms with E-state index in [2.05, 4.69) is 0 Å². The molecule has 0 aliphatic rings. The molecule has 0 aliphatic heterocycles. The molecule has 0 radical (unpaired) electrons. The Morgan fingerprint density at radius 3 is 2.38 bits per heavy atom. The smallest absolute Gasteiger partial charge is 0.491 e. The first-order chi connectivity index (χ1) is 7.30. The van der Waals surface area contributed by atoms with Gasteiger partial charge in [-0.05, 0) is 17.0 Å². The van der Waals surface area contributed by atoms with E-state index >= 15 is 0 Å². The summed E-state index contributed by atoms with van der Waals surface area (Å²) in [6.07, 6.45) is 0. The van der Waals surface area contributed by atoms with Crippen molar-refractivity contribution in [3.63, 3.8) is 0 Å². The monoisotopic (exact) mass is 226 g/mol. The van der Waals surface area contributed by atoms with E-state index in [9.17, 15) is 4.39 Å². The standard InChI is InChI=1S/C11H16BFO3/c1-11(2,3)9-5-4-8(6-10(9)13)16-7-12(14)15/h4-6,14-15H,7H2,1-3H3. The summed E-state index contributed by atoms with van der Waals surface area (Å²) in [5.74, 6) is -0.0592. The van der Waals surface area contributed by atoms with Gasteiger partial charge in [-0.15, -0.1) is 0 Å². The van der Waals surface area contributed by atoms with Crippen LogP contribution in [-0.4, -0.2) is 23.7 Å². The zero-order chi connectivity index (χ0) is 12.3. The quantitative estimate of drug-likeness (QED) is 0.768. The summed E-state index contributed by atoms with van der Waals surface area (Å²) in [7, 11) is -1.55. The highest BCUT2D eigenvalue weighted by Gasteiger charge is 2.19. The zero-order valence-electron chi connectivity index (χ0n) is 9.70. The van der Waals surface area contributed by atoms with E-state index in [1.54, 1.807) is 12.1 Å². The molecule has 16 heavy (non-hydrogen) atoms. The van der Waals surface area contributed by atoms with Crippen LogP contribution in [0, 0.1) is 5.82 Å². The van der Waals surface area contributed by atoms with Gasteiger partial charge in [-0.3, -0.25) is 0 Å². The van der Waals surface area contributed by atoms with Crippen molar-refractivity contribution in [2.24, 2.45) is 0 Å². The van der Waals surface area contributed by atoms with E-state index in [1.807, 2.05) is 20.8 Å². The molecule has 5 heteroatoms. The van der Waals surface area contributed by atoms with E-state index in [-0.39, 0.29) is 17.7 Å². The van der Waals surface area contributed by atoms with Crippen LogP contribution in [-0.2, 0) is 5.41 Å². The Hall–Kier alpha value is -1.07. The van der Waals surface area contributed by atoms with Crippen LogP contribution < -0.4 is 4.74 Å². The van der Waals surface area contributed by atoms with Crippen LogP contribution in [0.4, 0.5) is 4.39 Å². The van der Waals surface area contributed by atoms with E-state index in [0.29, 0.717) is 11.3 Å². The molecule has 0 fully saturated rings. The second-order valence-corrected chi connectivity index (χ2v) is 4.68. The van der Waals surface area contributed by atoms with Gasteiger partial charge < -0.3 is 14.8 Å². The predicted molar refractivity (Wildman–Crippen MR) is 60.8 cm³/mol. The lowest BCUT2D eigenvalue weighted by Crippen LogP contribution is -2.22. The third kappa shape index (κ3) is 3.50. The highest BCUT2D eigenvalue weighted by atomic mass is 19.1. The second kappa shape index (κ2) is 4.85. The molecule has 0 amide bonds. The molecule has 0 bridgehead atoms. The minimum absolute atomic E-state index is 0.265. The predicted octanol–water partition coefficient (Wildman–Crippen LogP) is 1.51. The fourth-order valence-corrected chi connectivity index (χ4v) is 1.36. The van der Waals surface area contributed by atoms with Crippen molar-refractivity contribution in [1.29, 1.82) is 0 Å². The molecule has 1 rings (SSSR count). The van der Waals surface area contributed by atoms with Crippen molar-refractivity contribution in [2.75, 3.05) is 6.51 Å². The van der Waals surface area contributed by atoms with Crippen molar-refractivity contribution in [1.82, 2.24) is 0 Å². The summed E-state index contributed by atoms with van der Waals surface area (Å²) in [6, 6.07) is 4.52. The first-order valence-electron chi connectivity index (χ1n) is 5.09. The summed E-state index contributed by atoms with van der Waals surface area (Å²) in [5.41, 5.74) is 0.337. The van der Waals surface area contributed by atoms with Crippen molar-refractivity contribution in [2.45, 2.75) is 26.2 Å². The van der Waals surface area contributed by atoms with Crippen LogP contribution in [0.25, 0.3) is 0 Å². The van der Waals surface area contributed by atoms with Gasteiger partial charge in [0, 0.05) is 6.07 Å². The molecular formula is C11H16BFO3. The minimum atomic E-state index is -1.55. The van der Waals surface area contributed by atoms with Crippen molar-refractivity contribution < 1.29 is 19.2 Å². The van der Waals surface area contributed by atoms with Gasteiger partial charge in [-0.1, -0.05) is 26.8 Å². The van der Waals surface area contributed by atoms with Crippen LogP contribution >= 0.6 is 0 Å². The maximum atomic E-state index is 13.7. The highest BCUT2D eigenvalue weighted by molar-refractivity contribution is 6.40. The SMILES string of the molecule is CC(C)(C)c1ccc(OCB(O)O)cc1F. The molecule has 0 atom stereocenters. The van der Waals surface area contributed by atoms with Gasteiger partial charge in [0.25, 0.3) is 0 Å². The fourth-order valence-electron chi connectivity index (χ4n) is 1.36. The van der Waals surface area contributed by atoms with E-state index in [1.165, 1.54) is 6.07 Å². The summed E-state index contributed by atoms with van der Waals surface area (Å²) >= 11 is 0. The van der Waals surface area contributed by atoms with Gasteiger partial charge >= 0.3 is 7.12 Å². The number of hydrogen-bond donors (Lipinski definition) is 2. The van der Waals surface area contributed by atoms with Gasteiger partial charge in [0.2, 0.25) is 0 Å². The molecule has 0 heterocycles. The Kier molecular flexibility index (Phi) is 3.94. The Morgan fingerprint density at radius 1 is 1.31 bits per heavy atom. The number of rotatable bonds is 3. The Morgan fingerprint density at radius 2 is 1.94 bits per heavy atom. The maximum absolute atomic E-state index is 13.7. The third-order valence-corrected chi connectivity index (χ3v) is 2.15. The average molecular weight is 226 g/mol. The van der Waals surface area contributed by atoms with Gasteiger partial charge in [0.05, 0.1) is 0 Å². The molecule has 0 saturated carbocycles. The molecule has 0 saturated heterocycles. The average Bonchev–Trinajstić information content (AvgIpc) is 2.12. The maximum Gasteiger partial charge on any atom is 0.491 e. The molecule has 2 N–H and O–H groups in total. The minimum Gasteiger partial charge on any atom is -0.496 e. The van der Waals surface area contributed by atoms with Gasteiger partial charge in [-0.2, -0.15) is 0 Å². The van der Waals surface area contributed by atoms with E-state index in [0.717, 1.165) is 0 Å². The van der Waals surface area contributed by atoms with Gasteiger partial charge in [-0.25, -0.2) is 4.39 Å². The van der Waals surface area contributed by atoms with Gasteiger partial charge in [0.15, 0.2) is 0 Å². The molecule has 1 aromatic rings. The van der Waals surface area contributed by atoms with Crippen molar-refractivity contribution in [3.05, 3.63) is 29.6 Å². The van der Waals surface area contributed by atoms with Crippen molar-refractivity contribution >= 4 is 7.12 Å². The van der Waals surface area contributed by atoms with Crippen LogP contribution in [0.1, 0.15) is 26.3 Å². The largest absolute Gasteiger partial charge is 0.496 e. The van der Waals surface area contributed by atoms with E-state index in [4.69, 9.17) is 14.8 Å². The number of halogens is 1. The van der Waals surface area contributed by atoms with Crippen LogP contribution in [0.15, 0.2) is 18.2 Å². The number of ether oxygens (including phenoxy) is 1. The first kappa shape index (κ1) is 13.0. The lowest BCUT2D eigenvalue weighted by molar-refractivity contribution is 0.305. The Bertz CT molecular complexity index is 361. The molecular weight excluding hydrogens is 210 g/mol. The van der Waals surface area contributed by atoms with Crippen LogP contribution in [0.3, 0.4) is 0 Å². The summed E-state index contributed by atoms with van der Waals surface area (Å²) in [6.45, 7) is 5.49. The number of benzene rings is 1. The van der Waals surface area contributed by atoms with Crippen molar-refractivity contribution in [3.8, 4) is 5.75 Å². The molecule has 88 valence electrons. The summed E-state index contributed by atoms with van der Waals surface area (Å²) < 4.78 is 18.6. The number of hydrogen-bond acceptors (Lipinski definition) is 3. The molecule has 0 unspecified atom stereocenters.